The van der Waals surface area contributed by atoms with E-state index in [9.17, 15) is 0 Å². The van der Waals surface area contributed by atoms with E-state index in [4.69, 9.17) is 4.74 Å². The molecule has 4 heteroatoms. The fourth-order valence-electron chi connectivity index (χ4n) is 1.94. The topological polar surface area (TPSA) is 12.5 Å². The molecule has 2 aromatic carbocycles. The molecule has 0 unspecified atom stereocenters. The van der Waals surface area contributed by atoms with Crippen LogP contribution >= 0.6 is 31.9 Å². The molecule has 0 atom stereocenters. The maximum absolute atomic E-state index is 5.91. The number of hydrogen-bond donors (Lipinski definition) is 0. The molecule has 0 aliphatic carbocycles. The highest BCUT2D eigenvalue weighted by molar-refractivity contribution is 9.10. The normalized spacial score (nSPS) is 12.8. The van der Waals surface area contributed by atoms with Crippen LogP contribution in [0.3, 0.4) is 0 Å². The predicted molar refractivity (Wildman–Crippen MR) is 76.4 cm³/mol. The molecule has 86 valence electrons. The minimum atomic E-state index is 0.868. The first-order valence-electron chi connectivity index (χ1n) is 5.16. The summed E-state index contributed by atoms with van der Waals surface area (Å²) in [7, 11) is 2.04. The summed E-state index contributed by atoms with van der Waals surface area (Å²) in [5.74, 6) is 1.74. The van der Waals surface area contributed by atoms with Crippen molar-refractivity contribution in [1.29, 1.82) is 0 Å². The van der Waals surface area contributed by atoms with Gasteiger partial charge in [-0.1, -0.05) is 31.9 Å². The average molecular weight is 355 g/mol. The summed E-state index contributed by atoms with van der Waals surface area (Å²) >= 11 is 6.91. The van der Waals surface area contributed by atoms with E-state index in [0.717, 1.165) is 31.8 Å². The van der Waals surface area contributed by atoms with Gasteiger partial charge in [-0.15, -0.1) is 0 Å². The second-order valence-corrected chi connectivity index (χ2v) is 5.72. The van der Waals surface area contributed by atoms with Crippen molar-refractivity contribution in [3.8, 4) is 11.5 Å². The van der Waals surface area contributed by atoms with Crippen molar-refractivity contribution >= 4 is 43.2 Å². The van der Waals surface area contributed by atoms with Crippen molar-refractivity contribution in [3.63, 3.8) is 0 Å². The SMILES string of the molecule is CN1c2ccc(Br)cc2Oc2cc(Br)ccc21. The number of benzene rings is 2. The van der Waals surface area contributed by atoms with Crippen LogP contribution < -0.4 is 9.64 Å². The number of anilines is 2. The molecule has 1 heterocycles. The molecule has 0 N–H and O–H groups in total. The van der Waals surface area contributed by atoms with Gasteiger partial charge in [0.1, 0.15) is 0 Å². The fourth-order valence-corrected chi connectivity index (χ4v) is 2.62. The Morgan fingerprint density at radius 3 is 1.82 bits per heavy atom. The smallest absolute Gasteiger partial charge is 0.152 e. The molecule has 0 bridgehead atoms. The highest BCUT2D eigenvalue weighted by Gasteiger charge is 2.21. The lowest BCUT2D eigenvalue weighted by atomic mass is 10.2. The maximum atomic E-state index is 5.91. The molecular weight excluding hydrogens is 346 g/mol. The monoisotopic (exact) mass is 353 g/mol. The minimum absolute atomic E-state index is 0.868. The summed E-state index contributed by atoms with van der Waals surface area (Å²) in [4.78, 5) is 2.13. The van der Waals surface area contributed by atoms with Crippen molar-refractivity contribution in [3.05, 3.63) is 45.3 Å². The summed E-state index contributed by atoms with van der Waals surface area (Å²) in [6.45, 7) is 0. The fraction of sp³-hybridized carbons (Fsp3) is 0.0769. The third-order valence-corrected chi connectivity index (χ3v) is 3.77. The zero-order chi connectivity index (χ0) is 12.0. The van der Waals surface area contributed by atoms with Crippen molar-refractivity contribution in [1.82, 2.24) is 0 Å². The summed E-state index contributed by atoms with van der Waals surface area (Å²) in [6, 6.07) is 12.1. The molecule has 0 saturated carbocycles. The van der Waals surface area contributed by atoms with Crippen LogP contribution in [0, 0.1) is 0 Å². The molecule has 3 rings (SSSR count). The standard InChI is InChI=1S/C13H9Br2NO/c1-16-10-4-2-8(14)6-12(10)17-13-7-9(15)3-5-11(13)16/h2-7H,1H3. The number of hydrogen-bond acceptors (Lipinski definition) is 2. The second kappa shape index (κ2) is 4.03. The van der Waals surface area contributed by atoms with E-state index < -0.39 is 0 Å². The van der Waals surface area contributed by atoms with Gasteiger partial charge >= 0.3 is 0 Å². The molecule has 0 aromatic heterocycles. The van der Waals surface area contributed by atoms with Gasteiger partial charge in [0.2, 0.25) is 0 Å². The van der Waals surface area contributed by atoms with E-state index >= 15 is 0 Å². The first kappa shape index (κ1) is 11.1. The molecule has 1 aliphatic heterocycles. The molecule has 17 heavy (non-hydrogen) atoms. The number of halogens is 2. The Labute approximate surface area is 116 Å². The van der Waals surface area contributed by atoms with Gasteiger partial charge in [0.15, 0.2) is 11.5 Å². The van der Waals surface area contributed by atoms with Crippen LogP contribution in [0.1, 0.15) is 0 Å². The molecule has 0 amide bonds. The highest BCUT2D eigenvalue weighted by Crippen LogP contribution is 2.47. The Hall–Kier alpha value is -1.00. The summed E-state index contributed by atoms with van der Waals surface area (Å²) < 4.78 is 7.94. The third-order valence-electron chi connectivity index (χ3n) is 2.79. The van der Waals surface area contributed by atoms with Gasteiger partial charge in [0.25, 0.3) is 0 Å². The van der Waals surface area contributed by atoms with Crippen LogP contribution in [0.4, 0.5) is 11.4 Å². The number of rotatable bonds is 0. The van der Waals surface area contributed by atoms with E-state index in [1.165, 1.54) is 0 Å². The number of ether oxygens (including phenoxy) is 1. The van der Waals surface area contributed by atoms with Crippen LogP contribution in [-0.2, 0) is 0 Å². The van der Waals surface area contributed by atoms with Crippen molar-refractivity contribution in [2.24, 2.45) is 0 Å². The van der Waals surface area contributed by atoms with E-state index in [-0.39, 0.29) is 0 Å². The summed E-state index contributed by atoms with van der Waals surface area (Å²) in [6.07, 6.45) is 0. The van der Waals surface area contributed by atoms with E-state index in [1.807, 2.05) is 43.4 Å². The van der Waals surface area contributed by atoms with Gasteiger partial charge in [0, 0.05) is 16.0 Å². The number of nitrogens with zero attached hydrogens (tertiary/aromatic N) is 1. The largest absolute Gasteiger partial charge is 0.453 e. The Morgan fingerprint density at radius 1 is 0.882 bits per heavy atom. The first-order valence-corrected chi connectivity index (χ1v) is 6.74. The van der Waals surface area contributed by atoms with Gasteiger partial charge in [0.05, 0.1) is 11.4 Å². The van der Waals surface area contributed by atoms with Crippen molar-refractivity contribution < 1.29 is 4.74 Å². The molecule has 2 nitrogen and oxygen atoms in total. The Bertz CT molecular complexity index is 546. The first-order chi connectivity index (χ1) is 8.15. The van der Waals surface area contributed by atoms with Gasteiger partial charge in [-0.2, -0.15) is 0 Å². The van der Waals surface area contributed by atoms with Crippen molar-refractivity contribution in [2.75, 3.05) is 11.9 Å². The highest BCUT2D eigenvalue weighted by atomic mass is 79.9. The lowest BCUT2D eigenvalue weighted by molar-refractivity contribution is 0.475. The minimum Gasteiger partial charge on any atom is -0.453 e. The summed E-state index contributed by atoms with van der Waals surface area (Å²) in [5.41, 5.74) is 2.14. The van der Waals surface area contributed by atoms with Crippen LogP contribution in [0.5, 0.6) is 11.5 Å². The van der Waals surface area contributed by atoms with Crippen LogP contribution in [0.15, 0.2) is 45.3 Å². The Kier molecular flexibility index (Phi) is 2.64. The Balaban J connectivity index is 2.17. The second-order valence-electron chi connectivity index (χ2n) is 3.89. The molecule has 1 aliphatic rings. The Morgan fingerprint density at radius 2 is 1.35 bits per heavy atom. The molecule has 0 saturated heterocycles. The van der Waals surface area contributed by atoms with Gasteiger partial charge in [-0.05, 0) is 36.4 Å². The van der Waals surface area contributed by atoms with E-state index in [0.29, 0.717) is 0 Å². The van der Waals surface area contributed by atoms with Crippen LogP contribution in [0.2, 0.25) is 0 Å². The molecule has 0 radical (unpaired) electrons. The lowest BCUT2D eigenvalue weighted by Crippen LogP contribution is -2.15. The molecule has 0 spiro atoms. The third kappa shape index (κ3) is 1.85. The van der Waals surface area contributed by atoms with E-state index in [1.54, 1.807) is 0 Å². The summed E-state index contributed by atoms with van der Waals surface area (Å²) in [5, 5.41) is 0. The quantitative estimate of drug-likeness (QED) is 0.653. The van der Waals surface area contributed by atoms with Gasteiger partial charge in [-0.3, -0.25) is 0 Å². The maximum Gasteiger partial charge on any atom is 0.152 e. The van der Waals surface area contributed by atoms with Crippen LogP contribution in [0.25, 0.3) is 0 Å². The zero-order valence-corrected chi connectivity index (χ0v) is 12.2. The predicted octanol–water partition coefficient (Wildman–Crippen LogP) is 5.09. The number of fused-ring (bicyclic) bond motifs is 2. The van der Waals surface area contributed by atoms with Gasteiger partial charge < -0.3 is 9.64 Å². The van der Waals surface area contributed by atoms with Gasteiger partial charge in [-0.25, -0.2) is 0 Å². The molecular formula is C13H9Br2NO. The van der Waals surface area contributed by atoms with Crippen LogP contribution in [-0.4, -0.2) is 7.05 Å². The van der Waals surface area contributed by atoms with Crippen molar-refractivity contribution in [2.45, 2.75) is 0 Å². The zero-order valence-electron chi connectivity index (χ0n) is 9.08. The van der Waals surface area contributed by atoms with E-state index in [2.05, 4.69) is 36.8 Å². The molecule has 0 fully saturated rings. The lowest BCUT2D eigenvalue weighted by Gasteiger charge is -2.29. The average Bonchev–Trinajstić information content (AvgIpc) is 2.28. The molecule has 2 aromatic rings.